The highest BCUT2D eigenvalue weighted by atomic mass is 32.2. The predicted molar refractivity (Wildman–Crippen MR) is 93.8 cm³/mol. The molecule has 2 aromatic carbocycles. The van der Waals surface area contributed by atoms with E-state index in [0.717, 1.165) is 28.6 Å². The molecular formula is C18H23NO2S. The zero-order valence-corrected chi connectivity index (χ0v) is 14.2. The van der Waals surface area contributed by atoms with Gasteiger partial charge in [0.2, 0.25) is 0 Å². The Bertz CT molecular complexity index is 599. The number of hydrogen-bond donors (Lipinski definition) is 1. The summed E-state index contributed by atoms with van der Waals surface area (Å²) in [6.45, 7) is 2.10. The molecular weight excluding hydrogens is 294 g/mol. The fourth-order valence-electron chi connectivity index (χ4n) is 2.20. The molecule has 0 spiro atoms. The van der Waals surface area contributed by atoms with E-state index in [0.29, 0.717) is 0 Å². The third-order valence-corrected chi connectivity index (χ3v) is 4.66. The van der Waals surface area contributed by atoms with E-state index >= 15 is 0 Å². The van der Waals surface area contributed by atoms with Crippen molar-refractivity contribution in [3.8, 4) is 11.5 Å². The first-order valence-corrected chi connectivity index (χ1v) is 8.40. The van der Waals surface area contributed by atoms with E-state index in [2.05, 4.69) is 31.2 Å². The number of ether oxygens (including phenoxy) is 2. The number of benzene rings is 2. The van der Waals surface area contributed by atoms with Crippen LogP contribution in [0.5, 0.6) is 11.5 Å². The summed E-state index contributed by atoms with van der Waals surface area (Å²) in [5.41, 5.74) is 9.93. The van der Waals surface area contributed by atoms with Gasteiger partial charge in [0.15, 0.2) is 0 Å². The summed E-state index contributed by atoms with van der Waals surface area (Å²) in [5, 5.41) is 0. The molecule has 0 fully saturated rings. The SMILES string of the molecule is COc1ccc(C(N)CSCc2ccc(C)cc2)c(OC)c1. The van der Waals surface area contributed by atoms with Crippen LogP contribution in [-0.4, -0.2) is 20.0 Å². The number of aryl methyl sites for hydroxylation is 1. The Morgan fingerprint density at radius 2 is 1.77 bits per heavy atom. The second-order valence-electron chi connectivity index (χ2n) is 5.22. The summed E-state index contributed by atoms with van der Waals surface area (Å²) in [6, 6.07) is 14.3. The quantitative estimate of drug-likeness (QED) is 0.840. The van der Waals surface area contributed by atoms with Crippen molar-refractivity contribution in [2.75, 3.05) is 20.0 Å². The number of nitrogens with two attached hydrogens (primary N) is 1. The molecule has 2 aromatic rings. The summed E-state index contributed by atoms with van der Waals surface area (Å²) < 4.78 is 10.6. The summed E-state index contributed by atoms with van der Waals surface area (Å²) in [7, 11) is 3.30. The van der Waals surface area contributed by atoms with Gasteiger partial charge in [0, 0.05) is 29.2 Å². The van der Waals surface area contributed by atoms with Gasteiger partial charge in [-0.1, -0.05) is 35.9 Å². The predicted octanol–water partition coefficient (Wildman–Crippen LogP) is 3.95. The largest absolute Gasteiger partial charge is 0.497 e. The first-order chi connectivity index (χ1) is 10.6. The van der Waals surface area contributed by atoms with Crippen molar-refractivity contribution in [2.24, 2.45) is 5.73 Å². The summed E-state index contributed by atoms with van der Waals surface area (Å²) >= 11 is 1.83. The van der Waals surface area contributed by atoms with Gasteiger partial charge in [0.05, 0.1) is 14.2 Å². The van der Waals surface area contributed by atoms with Crippen molar-refractivity contribution in [3.63, 3.8) is 0 Å². The molecule has 3 nitrogen and oxygen atoms in total. The molecule has 0 aliphatic heterocycles. The third-order valence-electron chi connectivity index (χ3n) is 3.53. The van der Waals surface area contributed by atoms with Crippen LogP contribution in [0.2, 0.25) is 0 Å². The second-order valence-corrected chi connectivity index (χ2v) is 6.25. The molecule has 0 bridgehead atoms. The lowest BCUT2D eigenvalue weighted by Gasteiger charge is -2.16. The van der Waals surface area contributed by atoms with Gasteiger partial charge in [0.25, 0.3) is 0 Å². The molecule has 0 heterocycles. The maximum absolute atomic E-state index is 6.31. The van der Waals surface area contributed by atoms with Gasteiger partial charge >= 0.3 is 0 Å². The highest BCUT2D eigenvalue weighted by molar-refractivity contribution is 7.98. The monoisotopic (exact) mass is 317 g/mol. The molecule has 0 radical (unpaired) electrons. The Kier molecular flexibility index (Phi) is 6.16. The van der Waals surface area contributed by atoms with E-state index in [1.54, 1.807) is 14.2 Å². The summed E-state index contributed by atoms with van der Waals surface area (Å²) in [6.07, 6.45) is 0. The molecule has 1 unspecified atom stereocenters. The molecule has 2 rings (SSSR count). The van der Waals surface area contributed by atoms with Crippen LogP contribution >= 0.6 is 11.8 Å². The van der Waals surface area contributed by atoms with Crippen LogP contribution in [0.4, 0.5) is 0 Å². The Hall–Kier alpha value is -1.65. The molecule has 0 saturated heterocycles. The van der Waals surface area contributed by atoms with Gasteiger partial charge in [-0.25, -0.2) is 0 Å². The number of hydrogen-bond acceptors (Lipinski definition) is 4. The second kappa shape index (κ2) is 8.11. The molecule has 0 aliphatic rings. The fourth-order valence-corrected chi connectivity index (χ4v) is 3.18. The highest BCUT2D eigenvalue weighted by Crippen LogP contribution is 2.30. The van der Waals surface area contributed by atoms with Crippen LogP contribution in [0.25, 0.3) is 0 Å². The minimum Gasteiger partial charge on any atom is -0.497 e. The standard InChI is InChI=1S/C18H23NO2S/c1-13-4-6-14(7-5-13)11-22-12-17(19)16-9-8-15(20-2)10-18(16)21-3/h4-10,17H,11-12,19H2,1-3H3. The van der Waals surface area contributed by atoms with Crippen LogP contribution in [0.15, 0.2) is 42.5 Å². The Labute approximate surface area is 136 Å². The topological polar surface area (TPSA) is 44.5 Å². The van der Waals surface area contributed by atoms with E-state index in [9.17, 15) is 0 Å². The smallest absolute Gasteiger partial charge is 0.127 e. The van der Waals surface area contributed by atoms with Gasteiger partial charge in [-0.15, -0.1) is 0 Å². The van der Waals surface area contributed by atoms with Crippen molar-refractivity contribution < 1.29 is 9.47 Å². The van der Waals surface area contributed by atoms with Crippen LogP contribution in [0, 0.1) is 6.92 Å². The maximum atomic E-state index is 6.31. The van der Waals surface area contributed by atoms with E-state index in [4.69, 9.17) is 15.2 Å². The van der Waals surface area contributed by atoms with Crippen molar-refractivity contribution in [2.45, 2.75) is 18.7 Å². The molecule has 0 aromatic heterocycles. The van der Waals surface area contributed by atoms with E-state index < -0.39 is 0 Å². The maximum Gasteiger partial charge on any atom is 0.127 e. The Morgan fingerprint density at radius 1 is 1.05 bits per heavy atom. The highest BCUT2D eigenvalue weighted by Gasteiger charge is 2.13. The zero-order chi connectivity index (χ0) is 15.9. The Balaban J connectivity index is 1.94. The normalized spacial score (nSPS) is 12.0. The minimum atomic E-state index is -0.0590. The minimum absolute atomic E-state index is 0.0590. The van der Waals surface area contributed by atoms with E-state index in [1.165, 1.54) is 11.1 Å². The summed E-state index contributed by atoms with van der Waals surface area (Å²) in [5.74, 6) is 3.37. The van der Waals surface area contributed by atoms with Crippen molar-refractivity contribution in [1.82, 2.24) is 0 Å². The number of thioether (sulfide) groups is 1. The fraction of sp³-hybridized carbons (Fsp3) is 0.333. The summed E-state index contributed by atoms with van der Waals surface area (Å²) in [4.78, 5) is 0. The number of methoxy groups -OCH3 is 2. The molecule has 0 amide bonds. The van der Waals surface area contributed by atoms with Gasteiger partial charge < -0.3 is 15.2 Å². The van der Waals surface area contributed by atoms with Crippen molar-refractivity contribution in [3.05, 3.63) is 59.2 Å². The lowest BCUT2D eigenvalue weighted by Crippen LogP contribution is -2.14. The molecule has 1 atom stereocenters. The molecule has 0 aliphatic carbocycles. The van der Waals surface area contributed by atoms with Gasteiger partial charge in [0.1, 0.15) is 11.5 Å². The van der Waals surface area contributed by atoms with Crippen LogP contribution < -0.4 is 15.2 Å². The molecule has 22 heavy (non-hydrogen) atoms. The van der Waals surface area contributed by atoms with Gasteiger partial charge in [-0.3, -0.25) is 0 Å². The van der Waals surface area contributed by atoms with Crippen LogP contribution in [-0.2, 0) is 5.75 Å². The molecule has 4 heteroatoms. The zero-order valence-electron chi connectivity index (χ0n) is 13.3. The van der Waals surface area contributed by atoms with E-state index in [1.807, 2.05) is 30.0 Å². The van der Waals surface area contributed by atoms with Crippen molar-refractivity contribution in [1.29, 1.82) is 0 Å². The van der Waals surface area contributed by atoms with Crippen molar-refractivity contribution >= 4 is 11.8 Å². The third kappa shape index (κ3) is 4.42. The number of rotatable bonds is 7. The van der Waals surface area contributed by atoms with Crippen LogP contribution in [0.1, 0.15) is 22.7 Å². The molecule has 0 saturated carbocycles. The first kappa shape index (κ1) is 16.7. The average molecular weight is 317 g/mol. The lowest BCUT2D eigenvalue weighted by molar-refractivity contribution is 0.389. The average Bonchev–Trinajstić information content (AvgIpc) is 2.55. The van der Waals surface area contributed by atoms with Gasteiger partial charge in [-0.2, -0.15) is 11.8 Å². The van der Waals surface area contributed by atoms with Gasteiger partial charge in [-0.05, 0) is 18.6 Å². The first-order valence-electron chi connectivity index (χ1n) is 7.25. The Morgan fingerprint density at radius 3 is 2.41 bits per heavy atom. The molecule has 118 valence electrons. The lowest BCUT2D eigenvalue weighted by atomic mass is 10.1. The van der Waals surface area contributed by atoms with Crippen LogP contribution in [0.3, 0.4) is 0 Å². The van der Waals surface area contributed by atoms with E-state index in [-0.39, 0.29) is 6.04 Å². The molecule has 2 N–H and O–H groups in total.